The Hall–Kier alpha value is -2.66. The average molecular weight is 485 g/mol. The summed E-state index contributed by atoms with van der Waals surface area (Å²) in [4.78, 5) is 40.3. The topological polar surface area (TPSA) is 105 Å². The molecule has 3 rings (SSSR count). The smallest absolute Gasteiger partial charge is 0.370 e. The predicted octanol–water partition coefficient (Wildman–Crippen LogP) is 2.62. The van der Waals surface area contributed by atoms with Crippen LogP contribution in [0.15, 0.2) is 18.2 Å². The molecule has 2 aliphatic rings. The number of amides is 3. The molecule has 1 saturated carbocycles. The second kappa shape index (κ2) is 10.7. The molecule has 0 aromatic heterocycles. The van der Waals surface area contributed by atoms with Crippen molar-refractivity contribution in [2.75, 3.05) is 43.1 Å². The largest absolute Gasteiger partial charge is 0.418 e. The Kier molecular flexibility index (Phi) is 8.19. The fraction of sp³-hybridized carbons (Fsp3) is 0.609. The summed E-state index contributed by atoms with van der Waals surface area (Å²) in [5.74, 6) is -1.84. The van der Waals surface area contributed by atoms with Gasteiger partial charge >= 0.3 is 6.18 Å². The van der Waals surface area contributed by atoms with Crippen LogP contribution in [-0.4, -0.2) is 61.5 Å². The Bertz CT molecular complexity index is 918. The number of primary amides is 1. The van der Waals surface area contributed by atoms with Crippen LogP contribution in [0.25, 0.3) is 0 Å². The second-order valence-electron chi connectivity index (χ2n) is 9.26. The molecular weight excluding hydrogens is 453 g/mol. The molecule has 188 valence electrons. The molecule has 1 aromatic carbocycles. The fourth-order valence-electron chi connectivity index (χ4n) is 4.27. The highest BCUT2D eigenvalue weighted by atomic mass is 19.4. The molecule has 3 N–H and O–H groups in total. The Balaban J connectivity index is 1.87. The number of morpholine rings is 1. The summed E-state index contributed by atoms with van der Waals surface area (Å²) >= 11 is 0. The van der Waals surface area contributed by atoms with Crippen molar-refractivity contribution < 1.29 is 32.3 Å². The second-order valence-corrected chi connectivity index (χ2v) is 9.26. The van der Waals surface area contributed by atoms with Gasteiger partial charge in [-0.1, -0.05) is 20.3 Å². The maximum Gasteiger partial charge on any atom is 0.418 e. The molecular formula is C23H31F3N4O4. The van der Waals surface area contributed by atoms with E-state index in [1.165, 1.54) is 11.0 Å². The highest BCUT2D eigenvalue weighted by Crippen LogP contribution is 2.38. The molecule has 1 saturated heterocycles. The van der Waals surface area contributed by atoms with Crippen LogP contribution in [0.4, 0.5) is 24.5 Å². The first-order chi connectivity index (χ1) is 16.0. The van der Waals surface area contributed by atoms with Crippen molar-refractivity contribution in [1.29, 1.82) is 0 Å². The van der Waals surface area contributed by atoms with E-state index in [2.05, 4.69) is 5.32 Å². The van der Waals surface area contributed by atoms with Crippen LogP contribution in [0, 0.1) is 11.8 Å². The Morgan fingerprint density at radius 3 is 2.53 bits per heavy atom. The number of nitrogens with one attached hydrogen (secondary N) is 1. The van der Waals surface area contributed by atoms with E-state index in [1.54, 1.807) is 4.90 Å². The van der Waals surface area contributed by atoms with E-state index in [9.17, 15) is 27.6 Å². The van der Waals surface area contributed by atoms with Crippen molar-refractivity contribution in [3.63, 3.8) is 0 Å². The molecule has 3 amide bonds. The lowest BCUT2D eigenvalue weighted by Crippen LogP contribution is -2.54. The number of alkyl halides is 3. The number of nitrogens with two attached hydrogens (primary N) is 1. The number of hydrogen-bond donors (Lipinski definition) is 2. The Morgan fingerprint density at radius 2 is 2.00 bits per heavy atom. The molecule has 0 bridgehead atoms. The van der Waals surface area contributed by atoms with Gasteiger partial charge in [0.1, 0.15) is 6.61 Å². The zero-order valence-electron chi connectivity index (χ0n) is 19.4. The summed E-state index contributed by atoms with van der Waals surface area (Å²) in [7, 11) is 0. The first-order valence-corrected chi connectivity index (χ1v) is 11.4. The molecule has 11 heteroatoms. The number of carbonyl (C=O) groups is 3. The summed E-state index contributed by atoms with van der Waals surface area (Å²) < 4.78 is 46.7. The van der Waals surface area contributed by atoms with Gasteiger partial charge in [0.2, 0.25) is 5.91 Å². The van der Waals surface area contributed by atoms with Gasteiger partial charge in [-0.3, -0.25) is 19.3 Å². The summed E-state index contributed by atoms with van der Waals surface area (Å²) in [6, 6.07) is 1.84. The number of hydrogen-bond acceptors (Lipinski definition) is 5. The standard InChI is InChI=1S/C23H31F3N4O4/c1-14(2)11-29(12-15-4-3-5-15)20(21(27)32)22(33)28-18-7-6-16(10-17(18)23(24,25)26)30-8-9-34-13-19(30)31/h6-7,10,14-15,20H,3-5,8-9,11-13H2,1-2H3,(H2,27,32)(H,28,33)/t20-/m1/s1. The van der Waals surface area contributed by atoms with E-state index in [4.69, 9.17) is 10.5 Å². The third-order valence-corrected chi connectivity index (χ3v) is 6.06. The number of halogens is 3. The molecule has 1 atom stereocenters. The first kappa shape index (κ1) is 26.0. The molecule has 0 unspecified atom stereocenters. The molecule has 8 nitrogen and oxygen atoms in total. The molecule has 1 aliphatic heterocycles. The van der Waals surface area contributed by atoms with Crippen LogP contribution < -0.4 is 16.0 Å². The van der Waals surface area contributed by atoms with E-state index in [1.807, 2.05) is 13.8 Å². The number of carbonyl (C=O) groups excluding carboxylic acids is 3. The number of anilines is 2. The van der Waals surface area contributed by atoms with E-state index >= 15 is 0 Å². The fourth-order valence-corrected chi connectivity index (χ4v) is 4.27. The molecule has 1 heterocycles. The summed E-state index contributed by atoms with van der Waals surface area (Å²) in [5.41, 5.74) is 3.98. The van der Waals surface area contributed by atoms with Gasteiger partial charge in [0.25, 0.3) is 11.8 Å². The molecule has 1 aromatic rings. The highest BCUT2D eigenvalue weighted by Gasteiger charge is 2.38. The summed E-state index contributed by atoms with van der Waals surface area (Å²) in [5, 5.41) is 2.27. The molecule has 34 heavy (non-hydrogen) atoms. The van der Waals surface area contributed by atoms with Crippen molar-refractivity contribution >= 4 is 29.1 Å². The van der Waals surface area contributed by atoms with Crippen LogP contribution in [0.3, 0.4) is 0 Å². The third-order valence-electron chi connectivity index (χ3n) is 6.06. The lowest BCUT2D eigenvalue weighted by atomic mass is 9.84. The minimum absolute atomic E-state index is 0.0523. The molecule has 0 spiro atoms. The van der Waals surface area contributed by atoms with Gasteiger partial charge in [-0.15, -0.1) is 0 Å². The maximum absolute atomic E-state index is 13.9. The van der Waals surface area contributed by atoms with Gasteiger partial charge in [-0.2, -0.15) is 13.2 Å². The first-order valence-electron chi connectivity index (χ1n) is 11.4. The normalized spacial score (nSPS) is 18.2. The number of rotatable bonds is 9. The van der Waals surface area contributed by atoms with E-state index in [0.29, 0.717) is 19.0 Å². The zero-order chi connectivity index (χ0) is 25.0. The van der Waals surface area contributed by atoms with Crippen molar-refractivity contribution in [3.8, 4) is 0 Å². The molecule has 1 aliphatic carbocycles. The Labute approximate surface area is 196 Å². The third kappa shape index (κ3) is 6.26. The predicted molar refractivity (Wildman–Crippen MR) is 120 cm³/mol. The van der Waals surface area contributed by atoms with Crippen molar-refractivity contribution in [1.82, 2.24) is 4.90 Å². The maximum atomic E-state index is 13.9. The quantitative estimate of drug-likeness (QED) is 0.525. The van der Waals surface area contributed by atoms with E-state index in [0.717, 1.165) is 31.4 Å². The van der Waals surface area contributed by atoms with Crippen molar-refractivity contribution in [2.24, 2.45) is 17.6 Å². The number of benzene rings is 1. The van der Waals surface area contributed by atoms with Crippen LogP contribution in [0.5, 0.6) is 0 Å². The molecule has 0 radical (unpaired) electrons. The highest BCUT2D eigenvalue weighted by molar-refractivity contribution is 6.10. The van der Waals surface area contributed by atoms with Gasteiger partial charge < -0.3 is 20.7 Å². The van der Waals surface area contributed by atoms with Gasteiger partial charge in [-0.25, -0.2) is 0 Å². The minimum Gasteiger partial charge on any atom is -0.370 e. The SMILES string of the molecule is CC(C)CN(CC1CCC1)[C@H](C(N)=O)C(=O)Nc1ccc(N2CCOCC2=O)cc1C(F)(F)F. The van der Waals surface area contributed by atoms with Gasteiger partial charge in [-0.05, 0) is 42.9 Å². The molecule has 2 fully saturated rings. The van der Waals surface area contributed by atoms with Crippen LogP contribution in [0.2, 0.25) is 0 Å². The number of ether oxygens (including phenoxy) is 1. The van der Waals surface area contributed by atoms with Gasteiger partial charge in [0.05, 0.1) is 17.9 Å². The van der Waals surface area contributed by atoms with Crippen molar-refractivity contribution in [2.45, 2.75) is 45.3 Å². The van der Waals surface area contributed by atoms with Crippen LogP contribution >= 0.6 is 0 Å². The zero-order valence-corrected chi connectivity index (χ0v) is 19.4. The van der Waals surface area contributed by atoms with E-state index < -0.39 is 41.2 Å². The lowest BCUT2D eigenvalue weighted by molar-refractivity contribution is -0.137. The number of nitrogens with zero attached hydrogens (tertiary/aromatic N) is 2. The van der Waals surface area contributed by atoms with Crippen molar-refractivity contribution in [3.05, 3.63) is 23.8 Å². The average Bonchev–Trinajstić information content (AvgIpc) is 2.70. The monoisotopic (exact) mass is 484 g/mol. The Morgan fingerprint density at radius 1 is 1.29 bits per heavy atom. The minimum atomic E-state index is -4.81. The summed E-state index contributed by atoms with van der Waals surface area (Å²) in [6.45, 7) is 4.85. The van der Waals surface area contributed by atoms with E-state index in [-0.39, 0.29) is 31.4 Å². The summed E-state index contributed by atoms with van der Waals surface area (Å²) in [6.07, 6.45) is -1.79. The van der Waals surface area contributed by atoms with Crippen LogP contribution in [-0.2, 0) is 25.3 Å². The van der Waals surface area contributed by atoms with Crippen LogP contribution in [0.1, 0.15) is 38.7 Å². The van der Waals surface area contributed by atoms with Gasteiger partial charge in [0.15, 0.2) is 6.04 Å². The lowest BCUT2D eigenvalue weighted by Gasteiger charge is -2.36. The van der Waals surface area contributed by atoms with Gasteiger partial charge in [0, 0.05) is 25.3 Å².